The minimum absolute atomic E-state index is 0.00667. The van der Waals surface area contributed by atoms with Gasteiger partial charge in [-0.3, -0.25) is 53.1 Å². The second-order valence-corrected chi connectivity index (χ2v) is 20.3. The number of carboxylic acid groups (broad SMARTS) is 2. The molecule has 2 aromatic rings. The highest BCUT2D eigenvalue weighted by atomic mass is 16.4. The Hall–Kier alpha value is -8.68. The van der Waals surface area contributed by atoms with Crippen molar-refractivity contribution in [3.05, 3.63) is 65.7 Å². The number of carboxylic acids is 2. The van der Waals surface area contributed by atoms with Crippen molar-refractivity contribution in [2.75, 3.05) is 26.2 Å². The number of rotatable bonds is 40. The molecule has 31 heteroatoms. The van der Waals surface area contributed by atoms with Crippen LogP contribution in [-0.2, 0) is 60.8 Å². The standard InChI is InChI=1S/C54H86N16O15/c1-4-29(2)43(70-48(80)38(67-50(82)42(56)30(3)72)26-32-17-19-33(73)20-18-32)51(83)69-40(28-71)49(81)65-36(16-11-25-62-54(59)60)44(76)64-35(15-10-24-61-53(57)58)45(77)66-37(21-22-41(74)75)47(79)63-34(14-8-9-23-55)46(78)68-39(52(84)85)27-31-12-6-5-7-13-31/h5-7,12-13,17-20,29-30,34-40,42-43,71-73H,4,8-11,14-16,21-28,55-56H2,1-3H3,(H,63,79)(H,64,76)(H,65,81)(H,66,77)(H,67,82)(H,68,78)(H,69,83)(H,70,80)(H,74,75)(H,84,85)(H4,57,58,61)(H4,59,60,62)/t29-,30+,34-,35-,36-,37-,38-,39-,40-,42-,43-/m0/s1. The lowest BCUT2D eigenvalue weighted by Gasteiger charge is -2.29. The summed E-state index contributed by atoms with van der Waals surface area (Å²) in [5.41, 5.74) is 34.6. The van der Waals surface area contributed by atoms with Crippen LogP contribution in [0.15, 0.2) is 64.6 Å². The number of aliphatic hydroxyl groups is 2. The van der Waals surface area contributed by atoms with Crippen LogP contribution in [0.4, 0.5) is 0 Å². The summed E-state index contributed by atoms with van der Waals surface area (Å²) in [4.78, 5) is 144. The van der Waals surface area contributed by atoms with Crippen molar-refractivity contribution in [1.29, 1.82) is 0 Å². The Morgan fingerprint density at radius 3 is 1.36 bits per heavy atom. The van der Waals surface area contributed by atoms with Crippen molar-refractivity contribution in [2.24, 2.45) is 50.3 Å². The van der Waals surface area contributed by atoms with E-state index in [-0.39, 0.29) is 95.1 Å². The van der Waals surface area contributed by atoms with E-state index in [4.69, 9.17) is 34.4 Å². The fourth-order valence-corrected chi connectivity index (χ4v) is 8.23. The minimum Gasteiger partial charge on any atom is -0.508 e. The van der Waals surface area contributed by atoms with Crippen LogP contribution in [0.2, 0.25) is 0 Å². The summed E-state index contributed by atoms with van der Waals surface area (Å²) < 4.78 is 0. The Kier molecular flexibility index (Phi) is 32.6. The van der Waals surface area contributed by atoms with Crippen molar-refractivity contribution in [2.45, 2.75) is 158 Å². The molecule has 0 saturated heterocycles. The maximum Gasteiger partial charge on any atom is 0.326 e. The van der Waals surface area contributed by atoms with Gasteiger partial charge in [0.25, 0.3) is 0 Å². The van der Waals surface area contributed by atoms with Crippen LogP contribution in [0.5, 0.6) is 5.75 Å². The van der Waals surface area contributed by atoms with E-state index in [2.05, 4.69) is 52.5 Å². The van der Waals surface area contributed by atoms with Crippen molar-refractivity contribution in [3.8, 4) is 5.75 Å². The number of guanidine groups is 2. The van der Waals surface area contributed by atoms with Crippen molar-refractivity contribution < 1.29 is 73.5 Å². The molecule has 0 fully saturated rings. The smallest absolute Gasteiger partial charge is 0.326 e. The molecule has 0 spiro atoms. The first-order valence-corrected chi connectivity index (χ1v) is 27.8. The SMILES string of the molecule is CC[C@H](C)[C@H](NC(=O)[C@H](Cc1ccc(O)cc1)NC(=O)[C@@H](N)[C@@H](C)O)C(=O)N[C@@H](CO)C(=O)N[C@@H](CCCN=C(N)N)C(=O)N[C@@H](CCCN=C(N)N)C(=O)N[C@@H](CCC(=O)O)C(=O)N[C@@H](CCCCN)C(=O)N[C@@H](Cc1ccccc1)C(=O)O. The van der Waals surface area contributed by atoms with Crippen LogP contribution < -0.4 is 76.9 Å². The molecule has 0 saturated carbocycles. The maximum absolute atomic E-state index is 14.4. The van der Waals surface area contributed by atoms with Crippen molar-refractivity contribution in [1.82, 2.24) is 42.5 Å². The third-order valence-corrected chi connectivity index (χ3v) is 13.4. The number of hydrogen-bond donors (Lipinski definition) is 19. The molecule has 2 aromatic carbocycles. The number of carbonyl (C=O) groups excluding carboxylic acids is 8. The molecule has 11 atom stereocenters. The summed E-state index contributed by atoms with van der Waals surface area (Å²) in [6.45, 7) is 3.57. The molecule has 25 N–H and O–H groups in total. The van der Waals surface area contributed by atoms with Crippen LogP contribution in [0.25, 0.3) is 0 Å². The molecular formula is C54H86N16O15. The van der Waals surface area contributed by atoms with E-state index < -0.39 is 145 Å². The Morgan fingerprint density at radius 2 is 0.929 bits per heavy atom. The van der Waals surface area contributed by atoms with Gasteiger partial charge in [-0.1, -0.05) is 62.7 Å². The summed E-state index contributed by atoms with van der Waals surface area (Å²) in [7, 11) is 0. The van der Waals surface area contributed by atoms with Gasteiger partial charge in [-0.2, -0.15) is 0 Å². The van der Waals surface area contributed by atoms with E-state index in [0.717, 1.165) is 0 Å². The number of aliphatic carboxylic acids is 2. The molecule has 472 valence electrons. The number of unbranched alkanes of at least 4 members (excludes halogenated alkanes) is 1. The summed E-state index contributed by atoms with van der Waals surface area (Å²) in [5.74, 6) is -12.0. The number of nitrogens with zero attached hydrogens (tertiary/aromatic N) is 2. The van der Waals surface area contributed by atoms with Crippen LogP contribution in [-0.4, -0.2) is 183 Å². The van der Waals surface area contributed by atoms with E-state index in [0.29, 0.717) is 17.5 Å². The Bertz CT molecular complexity index is 2570. The predicted octanol–water partition coefficient (Wildman–Crippen LogP) is -5.01. The van der Waals surface area contributed by atoms with Crippen LogP contribution in [0.3, 0.4) is 0 Å². The topological polar surface area (TPSA) is 549 Å². The second-order valence-electron chi connectivity index (χ2n) is 20.3. The molecule has 0 unspecified atom stereocenters. The average Bonchev–Trinajstić information content (AvgIpc) is 3.67. The first kappa shape index (κ1) is 72.4. The third kappa shape index (κ3) is 27.5. The monoisotopic (exact) mass is 1200 g/mol. The first-order chi connectivity index (χ1) is 40.2. The molecule has 0 aromatic heterocycles. The highest BCUT2D eigenvalue weighted by molar-refractivity contribution is 5.98. The molecule has 0 aliphatic heterocycles. The zero-order valence-electron chi connectivity index (χ0n) is 48.0. The Balaban J connectivity index is 2.51. The number of benzene rings is 2. The molecule has 0 radical (unpaired) electrons. The molecule has 85 heavy (non-hydrogen) atoms. The Morgan fingerprint density at radius 1 is 0.518 bits per heavy atom. The van der Waals surface area contributed by atoms with Crippen molar-refractivity contribution >= 4 is 71.1 Å². The van der Waals surface area contributed by atoms with Crippen LogP contribution >= 0.6 is 0 Å². The highest BCUT2D eigenvalue weighted by Gasteiger charge is 2.36. The number of phenolic OH excluding ortho intramolecular Hbond substituents is 1. The predicted molar refractivity (Wildman–Crippen MR) is 311 cm³/mol. The van der Waals surface area contributed by atoms with Gasteiger partial charge >= 0.3 is 11.9 Å². The van der Waals surface area contributed by atoms with Gasteiger partial charge in [0.1, 0.15) is 60.1 Å². The molecular weight excluding hydrogens is 1110 g/mol. The van der Waals surface area contributed by atoms with E-state index in [1.54, 1.807) is 44.2 Å². The molecule has 0 heterocycles. The lowest BCUT2D eigenvalue weighted by Crippen LogP contribution is -2.62. The molecule has 8 amide bonds. The number of aliphatic imine (C=N–C) groups is 2. The van der Waals surface area contributed by atoms with Crippen LogP contribution in [0.1, 0.15) is 96.1 Å². The summed E-state index contributed by atoms with van der Waals surface area (Å²) in [6, 6.07) is 0.355. The number of aliphatic hydroxyl groups excluding tert-OH is 2. The lowest BCUT2D eigenvalue weighted by atomic mass is 9.96. The first-order valence-electron chi connectivity index (χ1n) is 27.8. The average molecular weight is 1200 g/mol. The zero-order chi connectivity index (χ0) is 63.8. The molecule has 0 aliphatic rings. The van der Waals surface area contributed by atoms with Gasteiger partial charge in [-0.25, -0.2) is 4.79 Å². The fraction of sp³-hybridized carbons (Fsp3) is 0.556. The van der Waals surface area contributed by atoms with Gasteiger partial charge < -0.3 is 102 Å². The maximum atomic E-state index is 14.4. The zero-order valence-corrected chi connectivity index (χ0v) is 48.0. The molecule has 31 nitrogen and oxygen atoms in total. The lowest BCUT2D eigenvalue weighted by molar-refractivity contribution is -0.142. The number of carbonyl (C=O) groups is 10. The van der Waals surface area contributed by atoms with E-state index >= 15 is 0 Å². The van der Waals surface area contributed by atoms with E-state index in [9.17, 15) is 73.5 Å². The summed E-state index contributed by atoms with van der Waals surface area (Å²) in [6.07, 6.45) is -2.39. The molecule has 2 rings (SSSR count). The normalized spacial score (nSPS) is 14.9. The number of aromatic hydroxyl groups is 1. The van der Waals surface area contributed by atoms with Gasteiger partial charge in [0.05, 0.1) is 12.7 Å². The largest absolute Gasteiger partial charge is 0.508 e. The van der Waals surface area contributed by atoms with E-state index in [1.165, 1.54) is 31.2 Å². The van der Waals surface area contributed by atoms with Gasteiger partial charge in [-0.15, -0.1) is 0 Å². The Labute approximate surface area is 492 Å². The van der Waals surface area contributed by atoms with Gasteiger partial charge in [0, 0.05) is 32.4 Å². The molecule has 0 aliphatic carbocycles. The number of hydrogen-bond acceptors (Lipinski definition) is 17. The quantitative estimate of drug-likeness (QED) is 0.0169. The van der Waals surface area contributed by atoms with E-state index in [1.807, 2.05) is 0 Å². The minimum atomic E-state index is -1.80. The van der Waals surface area contributed by atoms with Crippen molar-refractivity contribution in [3.63, 3.8) is 0 Å². The number of nitrogens with one attached hydrogen (secondary N) is 8. The summed E-state index contributed by atoms with van der Waals surface area (Å²) >= 11 is 0. The van der Waals surface area contributed by atoms with Gasteiger partial charge in [0.15, 0.2) is 11.9 Å². The number of phenols is 1. The summed E-state index contributed by atoms with van der Waals surface area (Å²) in [5, 5.41) is 69.8. The fourth-order valence-electron chi connectivity index (χ4n) is 8.23. The number of nitrogens with two attached hydrogens (primary N) is 6. The number of amides is 8. The third-order valence-electron chi connectivity index (χ3n) is 13.4. The van der Waals surface area contributed by atoms with Gasteiger partial charge in [-0.05, 0) is 94.0 Å². The van der Waals surface area contributed by atoms with Crippen LogP contribution in [0, 0.1) is 5.92 Å². The highest BCUT2D eigenvalue weighted by Crippen LogP contribution is 2.15. The molecule has 0 bridgehead atoms. The second kappa shape index (κ2) is 38.2. The van der Waals surface area contributed by atoms with Gasteiger partial charge in [0.2, 0.25) is 47.3 Å².